The van der Waals surface area contributed by atoms with Crippen molar-refractivity contribution >= 4 is 17.4 Å². The fraction of sp³-hybridized carbons (Fsp3) is 0.438. The summed E-state index contributed by atoms with van der Waals surface area (Å²) in [6.07, 6.45) is 0. The summed E-state index contributed by atoms with van der Waals surface area (Å²) in [5, 5.41) is 8.76. The van der Waals surface area contributed by atoms with E-state index in [4.69, 9.17) is 10.00 Å². The van der Waals surface area contributed by atoms with E-state index < -0.39 is 11.4 Å². The van der Waals surface area contributed by atoms with Gasteiger partial charge in [-0.15, -0.1) is 0 Å². The molecule has 0 fully saturated rings. The van der Waals surface area contributed by atoms with Gasteiger partial charge in [-0.05, 0) is 45.0 Å². The highest BCUT2D eigenvalue weighted by molar-refractivity contribution is 6.04. The van der Waals surface area contributed by atoms with Crippen LogP contribution in [0.2, 0.25) is 0 Å². The van der Waals surface area contributed by atoms with Crippen LogP contribution in [0.1, 0.15) is 26.3 Å². The normalized spacial score (nSPS) is 10.6. The summed E-state index contributed by atoms with van der Waals surface area (Å²) in [5.41, 5.74) is 0.198. The summed E-state index contributed by atoms with van der Waals surface area (Å²) >= 11 is 0. The molecule has 0 atom stereocenters. The van der Waals surface area contributed by atoms with Crippen molar-refractivity contribution in [2.45, 2.75) is 20.8 Å². The number of carbonyl (C=O) groups excluding carboxylic acids is 2. The third-order valence-electron chi connectivity index (χ3n) is 3.30. The van der Waals surface area contributed by atoms with Crippen LogP contribution in [0.3, 0.4) is 0 Å². The zero-order chi connectivity index (χ0) is 16.0. The maximum absolute atomic E-state index is 12.3. The summed E-state index contributed by atoms with van der Waals surface area (Å²) in [6.45, 7) is 5.19. The minimum absolute atomic E-state index is 0.0950. The molecule has 21 heavy (non-hydrogen) atoms. The van der Waals surface area contributed by atoms with Crippen molar-refractivity contribution in [2.24, 2.45) is 5.41 Å². The lowest BCUT2D eigenvalue weighted by Gasteiger charge is -2.25. The summed E-state index contributed by atoms with van der Waals surface area (Å²) in [5.74, 6) is -0.726. The first-order chi connectivity index (χ1) is 9.82. The van der Waals surface area contributed by atoms with Crippen molar-refractivity contribution < 1.29 is 14.3 Å². The minimum atomic E-state index is -1.17. The number of nitrogens with zero attached hydrogens (tertiary/aromatic N) is 2. The van der Waals surface area contributed by atoms with Gasteiger partial charge in [0, 0.05) is 12.7 Å². The van der Waals surface area contributed by atoms with Crippen LogP contribution in [0.4, 0.5) is 5.69 Å². The molecule has 5 nitrogen and oxygen atoms in total. The molecule has 0 radical (unpaired) electrons. The number of carbonyl (C=O) groups is 2. The van der Waals surface area contributed by atoms with Crippen LogP contribution in [-0.4, -0.2) is 32.0 Å². The predicted octanol–water partition coefficient (Wildman–Crippen LogP) is 2.15. The smallest absolute Gasteiger partial charge is 0.319 e. The van der Waals surface area contributed by atoms with E-state index >= 15 is 0 Å². The predicted molar refractivity (Wildman–Crippen MR) is 79.8 cm³/mol. The molecular formula is C16H20N2O3. The number of hydrogen-bond donors (Lipinski definition) is 0. The van der Waals surface area contributed by atoms with E-state index in [1.807, 2.05) is 6.07 Å². The van der Waals surface area contributed by atoms with Gasteiger partial charge < -0.3 is 9.64 Å². The number of nitriles is 1. The number of Topliss-reactive ketones (excluding diaryl/α,β-unsaturated/α-hetero) is 1. The highest BCUT2D eigenvalue weighted by atomic mass is 16.5. The van der Waals surface area contributed by atoms with E-state index in [1.165, 1.54) is 0 Å². The second kappa shape index (κ2) is 6.89. The Balaban J connectivity index is 2.77. The number of likely N-dealkylation sites (N-methyl/N-ethyl adjacent to an activating group) is 1. The Morgan fingerprint density at radius 2 is 1.86 bits per heavy atom. The molecule has 0 aliphatic rings. The standard InChI is InChI=1S/C16H20N2O3/c1-5-21-15(20)16(2,3)14(19)11-18(4)13-8-6-12(10-17)7-9-13/h6-9H,5,11H2,1-4H3. The maximum atomic E-state index is 12.3. The second-order valence-electron chi connectivity index (χ2n) is 5.28. The van der Waals surface area contributed by atoms with Crippen LogP contribution >= 0.6 is 0 Å². The molecular weight excluding hydrogens is 268 g/mol. The second-order valence-corrected chi connectivity index (χ2v) is 5.28. The van der Waals surface area contributed by atoms with Gasteiger partial charge in [0.15, 0.2) is 5.78 Å². The maximum Gasteiger partial charge on any atom is 0.319 e. The van der Waals surface area contributed by atoms with Gasteiger partial charge >= 0.3 is 5.97 Å². The number of rotatable bonds is 6. The van der Waals surface area contributed by atoms with Crippen molar-refractivity contribution in [1.82, 2.24) is 0 Å². The van der Waals surface area contributed by atoms with E-state index in [2.05, 4.69) is 0 Å². The Morgan fingerprint density at radius 1 is 1.29 bits per heavy atom. The lowest BCUT2D eigenvalue weighted by Crippen LogP contribution is -2.41. The Bertz CT molecular complexity index is 556. The molecule has 0 heterocycles. The molecule has 0 saturated carbocycles. The van der Waals surface area contributed by atoms with Gasteiger partial charge in [0.05, 0.1) is 24.8 Å². The van der Waals surface area contributed by atoms with Crippen molar-refractivity contribution in [3.05, 3.63) is 29.8 Å². The lowest BCUT2D eigenvalue weighted by atomic mass is 9.88. The highest BCUT2D eigenvalue weighted by Gasteiger charge is 2.37. The Hall–Kier alpha value is -2.35. The lowest BCUT2D eigenvalue weighted by molar-refractivity contribution is -0.157. The SMILES string of the molecule is CCOC(=O)C(C)(C)C(=O)CN(C)c1ccc(C#N)cc1. The average molecular weight is 288 g/mol. The fourth-order valence-corrected chi connectivity index (χ4v) is 1.72. The molecule has 1 rings (SSSR count). The first-order valence-electron chi connectivity index (χ1n) is 6.74. The van der Waals surface area contributed by atoms with Crippen LogP contribution in [0.5, 0.6) is 0 Å². The van der Waals surface area contributed by atoms with Gasteiger partial charge in [0.25, 0.3) is 0 Å². The molecule has 0 bridgehead atoms. The van der Waals surface area contributed by atoms with Crippen LogP contribution in [0.25, 0.3) is 0 Å². The molecule has 0 aromatic heterocycles. The fourth-order valence-electron chi connectivity index (χ4n) is 1.72. The molecule has 0 saturated heterocycles. The van der Waals surface area contributed by atoms with E-state index in [-0.39, 0.29) is 18.9 Å². The Kier molecular flexibility index (Phi) is 5.48. The number of benzene rings is 1. The van der Waals surface area contributed by atoms with Gasteiger partial charge in [-0.25, -0.2) is 0 Å². The summed E-state index contributed by atoms with van der Waals surface area (Å²) < 4.78 is 4.93. The Morgan fingerprint density at radius 3 is 2.33 bits per heavy atom. The van der Waals surface area contributed by atoms with Crippen molar-refractivity contribution in [3.63, 3.8) is 0 Å². The van der Waals surface area contributed by atoms with Crippen molar-refractivity contribution in [3.8, 4) is 6.07 Å². The molecule has 1 aromatic rings. The van der Waals surface area contributed by atoms with Crippen molar-refractivity contribution in [1.29, 1.82) is 5.26 Å². The Labute approximate surface area is 125 Å². The number of esters is 1. The number of ketones is 1. The molecule has 0 N–H and O–H groups in total. The van der Waals surface area contributed by atoms with Crippen LogP contribution < -0.4 is 4.90 Å². The largest absolute Gasteiger partial charge is 0.465 e. The third-order valence-corrected chi connectivity index (χ3v) is 3.30. The summed E-state index contributed by atoms with van der Waals surface area (Å²) in [7, 11) is 1.76. The number of anilines is 1. The first kappa shape index (κ1) is 16.7. The van der Waals surface area contributed by atoms with Gasteiger partial charge in [0.2, 0.25) is 0 Å². The first-order valence-corrected chi connectivity index (χ1v) is 6.74. The van der Waals surface area contributed by atoms with Crippen molar-refractivity contribution in [2.75, 3.05) is 25.1 Å². The van der Waals surface area contributed by atoms with Gasteiger partial charge in [-0.2, -0.15) is 5.26 Å². The summed E-state index contributed by atoms with van der Waals surface area (Å²) in [4.78, 5) is 25.8. The molecule has 5 heteroatoms. The van der Waals surface area contributed by atoms with E-state index in [9.17, 15) is 9.59 Å². The topological polar surface area (TPSA) is 70.4 Å². The average Bonchev–Trinajstić information content (AvgIpc) is 2.47. The highest BCUT2D eigenvalue weighted by Crippen LogP contribution is 2.21. The third kappa shape index (κ3) is 4.06. The van der Waals surface area contributed by atoms with Crippen LogP contribution in [0.15, 0.2) is 24.3 Å². The number of hydrogen-bond acceptors (Lipinski definition) is 5. The van der Waals surface area contributed by atoms with E-state index in [0.717, 1.165) is 5.69 Å². The zero-order valence-electron chi connectivity index (χ0n) is 12.8. The summed E-state index contributed by atoms with van der Waals surface area (Å²) in [6, 6.07) is 8.95. The molecule has 1 aromatic carbocycles. The quantitative estimate of drug-likeness (QED) is 0.592. The zero-order valence-corrected chi connectivity index (χ0v) is 12.8. The molecule has 112 valence electrons. The van der Waals surface area contributed by atoms with E-state index in [1.54, 1.807) is 57.0 Å². The molecule has 0 amide bonds. The van der Waals surface area contributed by atoms with Gasteiger partial charge in [-0.1, -0.05) is 0 Å². The van der Waals surface area contributed by atoms with Crippen LogP contribution in [-0.2, 0) is 14.3 Å². The van der Waals surface area contributed by atoms with E-state index in [0.29, 0.717) is 5.56 Å². The molecule has 0 unspecified atom stereocenters. The molecule has 0 spiro atoms. The number of ether oxygens (including phenoxy) is 1. The van der Waals surface area contributed by atoms with Crippen LogP contribution in [0, 0.1) is 16.7 Å². The minimum Gasteiger partial charge on any atom is -0.465 e. The monoisotopic (exact) mass is 288 g/mol. The van der Waals surface area contributed by atoms with Gasteiger partial charge in [-0.3, -0.25) is 9.59 Å². The molecule has 0 aliphatic carbocycles. The van der Waals surface area contributed by atoms with Gasteiger partial charge in [0.1, 0.15) is 5.41 Å². The molecule has 0 aliphatic heterocycles.